The molecule has 0 aliphatic carbocycles. The smallest absolute Gasteiger partial charge is 0.268 e. The Kier molecular flexibility index (Phi) is 6.97. The lowest BCUT2D eigenvalue weighted by molar-refractivity contribution is 0.0630. The number of carbonyl (C=O) groups is 2. The maximum absolute atomic E-state index is 13.2. The Morgan fingerprint density at radius 3 is 2.70 bits per heavy atom. The lowest BCUT2D eigenvalue weighted by Gasteiger charge is -2.20. The zero-order valence-corrected chi connectivity index (χ0v) is 23.1. The number of benzene rings is 2. The van der Waals surface area contributed by atoms with Gasteiger partial charge in [-0.2, -0.15) is 5.26 Å². The average Bonchev–Trinajstić information content (AvgIpc) is 3.66. The molecule has 2 amide bonds. The van der Waals surface area contributed by atoms with E-state index in [1.165, 1.54) is 16.2 Å². The molecule has 0 fully saturated rings. The number of amides is 2. The molecule has 0 saturated carbocycles. The number of carbonyl (C=O) groups excluding carboxylic acids is 2. The molecule has 0 bridgehead atoms. The molecule has 3 heterocycles. The van der Waals surface area contributed by atoms with Gasteiger partial charge in [-0.25, -0.2) is 9.97 Å². The Morgan fingerprint density at radius 1 is 1.20 bits per heavy atom. The van der Waals surface area contributed by atoms with Crippen molar-refractivity contribution in [2.75, 3.05) is 17.3 Å². The van der Waals surface area contributed by atoms with Crippen molar-refractivity contribution in [2.45, 2.75) is 32.9 Å². The van der Waals surface area contributed by atoms with Gasteiger partial charge >= 0.3 is 0 Å². The van der Waals surface area contributed by atoms with Gasteiger partial charge in [0.1, 0.15) is 0 Å². The second kappa shape index (κ2) is 10.4. The van der Waals surface area contributed by atoms with Gasteiger partial charge < -0.3 is 19.0 Å². The predicted molar refractivity (Wildman–Crippen MR) is 152 cm³/mol. The van der Waals surface area contributed by atoms with Crippen molar-refractivity contribution in [3.63, 3.8) is 0 Å². The lowest BCUT2D eigenvalue weighted by atomic mass is 10.1. The van der Waals surface area contributed by atoms with E-state index in [2.05, 4.69) is 15.3 Å². The van der Waals surface area contributed by atoms with E-state index in [1.54, 1.807) is 93.2 Å². The number of oxazole rings is 1. The van der Waals surface area contributed by atoms with Crippen LogP contribution in [-0.4, -0.2) is 44.1 Å². The molecule has 0 aliphatic heterocycles. The van der Waals surface area contributed by atoms with Crippen molar-refractivity contribution in [2.24, 2.45) is 0 Å². The fraction of sp³-hybridized carbons (Fsp3) is 0.207. The summed E-state index contributed by atoms with van der Waals surface area (Å²) in [6, 6.07) is 17.4. The molecule has 5 aromatic rings. The minimum Gasteiger partial charge on any atom is -0.440 e. The number of anilines is 2. The third kappa shape index (κ3) is 5.49. The van der Waals surface area contributed by atoms with Crippen LogP contribution < -0.4 is 10.2 Å². The van der Waals surface area contributed by atoms with Crippen molar-refractivity contribution in [3.8, 4) is 16.7 Å². The normalized spacial score (nSPS) is 11.4. The third-order valence-corrected chi connectivity index (χ3v) is 7.23. The summed E-state index contributed by atoms with van der Waals surface area (Å²) in [6.07, 6.45) is 1.62. The first-order valence-electron chi connectivity index (χ1n) is 12.4. The van der Waals surface area contributed by atoms with Crippen LogP contribution in [0.15, 0.2) is 65.2 Å². The Hall–Kier alpha value is -4.79. The number of nitriles is 1. The minimum atomic E-state index is -1.09. The van der Waals surface area contributed by atoms with Crippen molar-refractivity contribution in [1.29, 1.82) is 5.26 Å². The number of hydrogen-bond donors (Lipinski definition) is 2. The van der Waals surface area contributed by atoms with Crippen LogP contribution in [0, 0.1) is 18.3 Å². The van der Waals surface area contributed by atoms with E-state index in [1.807, 2.05) is 6.07 Å². The van der Waals surface area contributed by atoms with Gasteiger partial charge in [0.05, 0.1) is 50.8 Å². The molecule has 0 unspecified atom stereocenters. The molecule has 0 spiro atoms. The van der Waals surface area contributed by atoms with Crippen LogP contribution >= 0.6 is 11.3 Å². The first-order chi connectivity index (χ1) is 19.0. The summed E-state index contributed by atoms with van der Waals surface area (Å²) in [5, 5.41) is 22.6. The molecule has 2 N–H and O–H groups in total. The molecule has 2 aromatic carbocycles. The highest BCUT2D eigenvalue weighted by Crippen LogP contribution is 2.31. The fourth-order valence-electron chi connectivity index (χ4n) is 4.23. The highest BCUT2D eigenvalue weighted by Gasteiger charge is 2.23. The van der Waals surface area contributed by atoms with E-state index in [4.69, 9.17) is 4.42 Å². The van der Waals surface area contributed by atoms with E-state index in [0.29, 0.717) is 44.4 Å². The summed E-state index contributed by atoms with van der Waals surface area (Å²) in [7, 11) is 1.64. The molecule has 0 atom stereocenters. The summed E-state index contributed by atoms with van der Waals surface area (Å²) in [6.45, 7) is 5.27. The standard InChI is InChI=1S/C29H26N6O4S/c1-17-31-15-23(39-17)24-10-11-25(40-24)26(36)33-28-32-21-13-20(8-9-22(21)35(28)16-29(2,3)38)34(4)27(37)19-7-5-6-18(12-19)14-30/h5-13,15,38H,16H2,1-4H3,(H,32,33,36). The fourth-order valence-corrected chi connectivity index (χ4v) is 5.08. The molecule has 0 radical (unpaired) electrons. The summed E-state index contributed by atoms with van der Waals surface area (Å²) in [5.41, 5.74) is 1.48. The van der Waals surface area contributed by atoms with Crippen molar-refractivity contribution in [1.82, 2.24) is 14.5 Å². The maximum Gasteiger partial charge on any atom is 0.268 e. The topological polar surface area (TPSA) is 137 Å². The quantitative estimate of drug-likeness (QED) is 0.281. The number of hydrogen-bond acceptors (Lipinski definition) is 8. The maximum atomic E-state index is 13.2. The molecule has 202 valence electrons. The zero-order valence-electron chi connectivity index (χ0n) is 22.3. The van der Waals surface area contributed by atoms with Gasteiger partial charge in [-0.3, -0.25) is 14.9 Å². The third-order valence-electron chi connectivity index (χ3n) is 6.13. The molecule has 3 aromatic heterocycles. The Labute approximate surface area is 234 Å². The number of thiophene rings is 1. The number of nitrogens with one attached hydrogen (secondary N) is 1. The lowest BCUT2D eigenvalue weighted by Crippen LogP contribution is -2.27. The van der Waals surface area contributed by atoms with Crippen LogP contribution in [0.4, 0.5) is 11.6 Å². The number of imidazole rings is 1. The summed E-state index contributed by atoms with van der Waals surface area (Å²) in [4.78, 5) is 37.8. The first-order valence-corrected chi connectivity index (χ1v) is 13.2. The van der Waals surface area contributed by atoms with Crippen molar-refractivity contribution >= 4 is 45.8 Å². The largest absolute Gasteiger partial charge is 0.440 e. The van der Waals surface area contributed by atoms with Crippen LogP contribution in [0.5, 0.6) is 0 Å². The van der Waals surface area contributed by atoms with Crippen LogP contribution in [0.2, 0.25) is 0 Å². The second-order valence-corrected chi connectivity index (χ2v) is 11.0. The van der Waals surface area contributed by atoms with Crippen LogP contribution in [-0.2, 0) is 6.54 Å². The number of nitrogens with zero attached hydrogens (tertiary/aromatic N) is 5. The number of rotatable bonds is 7. The molecule has 5 rings (SSSR count). The Morgan fingerprint density at radius 2 is 2.00 bits per heavy atom. The first kappa shape index (κ1) is 26.8. The van der Waals surface area contributed by atoms with Crippen LogP contribution in [0.3, 0.4) is 0 Å². The van der Waals surface area contributed by atoms with Gasteiger partial charge in [-0.15, -0.1) is 11.3 Å². The summed E-state index contributed by atoms with van der Waals surface area (Å²) in [5.74, 6) is 0.750. The van der Waals surface area contributed by atoms with E-state index >= 15 is 0 Å². The molecule has 0 aliphatic rings. The van der Waals surface area contributed by atoms with Crippen LogP contribution in [0.25, 0.3) is 21.7 Å². The average molecular weight is 555 g/mol. The van der Waals surface area contributed by atoms with Gasteiger partial charge in [-0.05, 0) is 62.4 Å². The molecule has 10 nitrogen and oxygen atoms in total. The van der Waals surface area contributed by atoms with Gasteiger partial charge in [0.15, 0.2) is 11.7 Å². The zero-order chi connectivity index (χ0) is 28.6. The van der Waals surface area contributed by atoms with E-state index in [0.717, 1.165) is 4.88 Å². The van der Waals surface area contributed by atoms with E-state index in [-0.39, 0.29) is 24.3 Å². The van der Waals surface area contributed by atoms with Gasteiger partial charge in [0.2, 0.25) is 5.95 Å². The van der Waals surface area contributed by atoms with Gasteiger partial charge in [-0.1, -0.05) is 6.07 Å². The number of fused-ring (bicyclic) bond motifs is 1. The van der Waals surface area contributed by atoms with E-state index in [9.17, 15) is 20.0 Å². The second-order valence-electron chi connectivity index (χ2n) is 9.93. The number of aromatic nitrogens is 3. The number of aliphatic hydroxyl groups is 1. The van der Waals surface area contributed by atoms with Gasteiger partial charge in [0.25, 0.3) is 11.8 Å². The van der Waals surface area contributed by atoms with E-state index < -0.39 is 5.60 Å². The molecule has 11 heteroatoms. The highest BCUT2D eigenvalue weighted by molar-refractivity contribution is 7.17. The summed E-state index contributed by atoms with van der Waals surface area (Å²) < 4.78 is 7.30. The molecule has 40 heavy (non-hydrogen) atoms. The molecular formula is C29H26N6O4S. The summed E-state index contributed by atoms with van der Waals surface area (Å²) >= 11 is 1.27. The van der Waals surface area contributed by atoms with Crippen LogP contribution in [0.1, 0.15) is 45.3 Å². The van der Waals surface area contributed by atoms with Crippen molar-refractivity contribution < 1.29 is 19.1 Å². The van der Waals surface area contributed by atoms with Gasteiger partial charge in [0, 0.05) is 25.2 Å². The predicted octanol–water partition coefficient (Wildman–Crippen LogP) is 5.23. The molecule has 0 saturated heterocycles. The monoisotopic (exact) mass is 554 g/mol. The number of aryl methyl sites for hydroxylation is 1. The SMILES string of the molecule is Cc1ncc(-c2ccc(C(=O)Nc3nc4cc(N(C)C(=O)c5cccc(C#N)c5)ccc4n3CC(C)(C)O)s2)o1. The Bertz CT molecular complexity index is 1790. The highest BCUT2D eigenvalue weighted by atomic mass is 32.1. The Balaban J connectivity index is 1.46. The van der Waals surface area contributed by atoms with Crippen molar-refractivity contribution in [3.05, 3.63) is 82.7 Å². The minimum absolute atomic E-state index is 0.168. The molecular weight excluding hydrogens is 528 g/mol.